The van der Waals surface area contributed by atoms with E-state index in [0.717, 1.165) is 19.1 Å². The molecule has 0 saturated heterocycles. The number of carbonyl (C=O) groups excluding carboxylic acids is 2. The van der Waals surface area contributed by atoms with Gasteiger partial charge in [-0.2, -0.15) is 4.98 Å². The third-order valence-electron chi connectivity index (χ3n) is 4.15. The number of rotatable bonds is 4. The summed E-state index contributed by atoms with van der Waals surface area (Å²) < 4.78 is 78.5. The Balaban J connectivity index is 1.91. The molecule has 9 heteroatoms. The standard InChI is InChI=1S/C21H22ClF2N3O3/c1-11-20(29)27(10-12-5-13(23)7-14(24)6-12)16-8-15(22)18(26-19(16)30-11)25-17(28)9-21(2,3)4/h5-8,11H,9-10H2,1-4H3,(H,25,26,28)/t11-/m1/s1/i2D3,3D3. The first-order valence-electron chi connectivity index (χ1n) is 11.9. The molecule has 0 unspecified atom stereocenters. The minimum atomic E-state index is -2.97. The molecule has 2 heterocycles. The number of pyridine rings is 1. The van der Waals surface area contributed by atoms with Crippen LogP contribution in [0.2, 0.25) is 5.02 Å². The third kappa shape index (κ3) is 5.05. The molecule has 0 aliphatic carbocycles. The Labute approximate surface area is 186 Å². The van der Waals surface area contributed by atoms with Gasteiger partial charge in [0.25, 0.3) is 5.91 Å². The van der Waals surface area contributed by atoms with E-state index in [1.165, 1.54) is 17.9 Å². The highest BCUT2D eigenvalue weighted by Gasteiger charge is 2.34. The van der Waals surface area contributed by atoms with Crippen molar-refractivity contribution in [2.24, 2.45) is 5.41 Å². The highest BCUT2D eigenvalue weighted by Crippen LogP contribution is 2.38. The number of halogens is 3. The lowest BCUT2D eigenvalue weighted by Crippen LogP contribution is -2.44. The van der Waals surface area contributed by atoms with Crippen LogP contribution < -0.4 is 15.0 Å². The van der Waals surface area contributed by atoms with Crippen molar-refractivity contribution in [3.05, 3.63) is 46.5 Å². The van der Waals surface area contributed by atoms with Gasteiger partial charge in [-0.05, 0) is 36.1 Å². The first kappa shape index (κ1) is 15.1. The van der Waals surface area contributed by atoms with E-state index in [9.17, 15) is 18.4 Å². The summed E-state index contributed by atoms with van der Waals surface area (Å²) in [5.41, 5.74) is -2.12. The van der Waals surface area contributed by atoms with Crippen molar-refractivity contribution < 1.29 is 31.3 Å². The summed E-state index contributed by atoms with van der Waals surface area (Å²) in [6.07, 6.45) is -1.93. The van der Waals surface area contributed by atoms with Gasteiger partial charge in [-0.15, -0.1) is 0 Å². The number of hydrogen-bond acceptors (Lipinski definition) is 4. The Morgan fingerprint density at radius 2 is 2.00 bits per heavy atom. The quantitative estimate of drug-likeness (QED) is 0.743. The molecule has 0 bridgehead atoms. The maximum atomic E-state index is 13.6. The van der Waals surface area contributed by atoms with Crippen molar-refractivity contribution in [1.29, 1.82) is 0 Å². The highest BCUT2D eigenvalue weighted by atomic mass is 35.5. The van der Waals surface area contributed by atoms with Gasteiger partial charge in [0.15, 0.2) is 11.9 Å². The Morgan fingerprint density at radius 3 is 2.63 bits per heavy atom. The minimum absolute atomic E-state index is 0.0700. The van der Waals surface area contributed by atoms with Gasteiger partial charge in [-0.25, -0.2) is 8.78 Å². The molecule has 0 spiro atoms. The summed E-state index contributed by atoms with van der Waals surface area (Å²) in [4.78, 5) is 30.7. The number of benzene rings is 1. The predicted octanol–water partition coefficient (Wildman–Crippen LogP) is 4.70. The molecule has 1 aliphatic heterocycles. The van der Waals surface area contributed by atoms with Gasteiger partial charge < -0.3 is 10.1 Å². The van der Waals surface area contributed by atoms with Gasteiger partial charge in [0, 0.05) is 20.7 Å². The lowest BCUT2D eigenvalue weighted by molar-refractivity contribution is -0.126. The molecule has 160 valence electrons. The van der Waals surface area contributed by atoms with Crippen molar-refractivity contribution in [3.8, 4) is 5.88 Å². The summed E-state index contributed by atoms with van der Waals surface area (Å²) in [7, 11) is 0. The zero-order valence-electron chi connectivity index (χ0n) is 22.1. The second-order valence-electron chi connectivity index (χ2n) is 7.16. The number of nitrogens with zero attached hydrogens (tertiary/aromatic N) is 2. The SMILES string of the molecule is [2H]C([2H])([2H])C(C)(CC(=O)Nc1nc2c(cc1Cl)N(Cc1cc(F)cc(F)c1)C(=O)[C@@H](C)O2)C([2H])([2H])[2H]. The maximum absolute atomic E-state index is 13.6. The normalized spacial score (nSPS) is 20.0. The number of aromatic nitrogens is 1. The molecule has 30 heavy (non-hydrogen) atoms. The number of anilines is 2. The molecular weight excluding hydrogens is 416 g/mol. The topological polar surface area (TPSA) is 71.5 Å². The number of fused-ring (bicyclic) bond motifs is 1. The molecule has 0 radical (unpaired) electrons. The number of ether oxygens (including phenoxy) is 1. The molecule has 0 saturated carbocycles. The average molecular weight is 444 g/mol. The number of carbonyl (C=O) groups is 2. The Kier molecular flexibility index (Phi) is 4.12. The minimum Gasteiger partial charge on any atom is -0.463 e. The number of amides is 2. The van der Waals surface area contributed by atoms with Crippen molar-refractivity contribution in [3.63, 3.8) is 0 Å². The first-order chi connectivity index (χ1) is 16.4. The van der Waals surface area contributed by atoms with E-state index in [-0.39, 0.29) is 34.5 Å². The molecular formula is C21H22ClF2N3O3. The van der Waals surface area contributed by atoms with E-state index < -0.39 is 55.1 Å². The van der Waals surface area contributed by atoms with E-state index in [4.69, 9.17) is 24.6 Å². The smallest absolute Gasteiger partial charge is 0.268 e. The van der Waals surface area contributed by atoms with E-state index in [2.05, 4.69) is 10.3 Å². The molecule has 2 amide bonds. The Bertz CT molecular complexity index is 1170. The lowest BCUT2D eigenvalue weighted by atomic mass is 9.92. The van der Waals surface area contributed by atoms with Crippen LogP contribution in [0.5, 0.6) is 5.88 Å². The van der Waals surface area contributed by atoms with Crippen LogP contribution in [-0.2, 0) is 16.1 Å². The van der Waals surface area contributed by atoms with Crippen molar-refractivity contribution >= 4 is 34.9 Å². The summed E-state index contributed by atoms with van der Waals surface area (Å²) in [6, 6.07) is 4.06. The molecule has 1 aromatic carbocycles. The molecule has 1 aromatic heterocycles. The van der Waals surface area contributed by atoms with Crippen LogP contribution in [0.15, 0.2) is 24.3 Å². The van der Waals surface area contributed by atoms with Crippen molar-refractivity contribution in [2.75, 3.05) is 10.2 Å². The fourth-order valence-electron chi connectivity index (χ4n) is 2.93. The summed E-state index contributed by atoms with van der Waals surface area (Å²) >= 11 is 6.25. The molecule has 2 aromatic rings. The summed E-state index contributed by atoms with van der Waals surface area (Å²) in [5, 5.41) is 2.13. The van der Waals surface area contributed by atoms with Crippen LogP contribution in [0.1, 0.15) is 47.8 Å². The fraction of sp³-hybridized carbons (Fsp3) is 0.381. The van der Waals surface area contributed by atoms with Crippen LogP contribution in [0, 0.1) is 17.0 Å². The highest BCUT2D eigenvalue weighted by molar-refractivity contribution is 6.33. The maximum Gasteiger partial charge on any atom is 0.268 e. The fourth-order valence-corrected chi connectivity index (χ4v) is 3.12. The van der Waals surface area contributed by atoms with E-state index in [1.54, 1.807) is 0 Å². The second-order valence-corrected chi connectivity index (χ2v) is 7.57. The van der Waals surface area contributed by atoms with Gasteiger partial charge in [-0.3, -0.25) is 14.5 Å². The Morgan fingerprint density at radius 1 is 1.33 bits per heavy atom. The average Bonchev–Trinajstić information content (AvgIpc) is 2.70. The molecule has 1 N–H and O–H groups in total. The molecule has 1 atom stereocenters. The van der Waals surface area contributed by atoms with Crippen LogP contribution in [-0.4, -0.2) is 22.9 Å². The van der Waals surface area contributed by atoms with Crippen molar-refractivity contribution in [2.45, 2.75) is 46.6 Å². The zero-order valence-corrected chi connectivity index (χ0v) is 16.8. The molecule has 0 fully saturated rings. The summed E-state index contributed by atoms with van der Waals surface area (Å²) in [5.74, 6) is -3.53. The van der Waals surface area contributed by atoms with E-state index in [0.29, 0.717) is 6.07 Å². The largest absolute Gasteiger partial charge is 0.463 e. The predicted molar refractivity (Wildman–Crippen MR) is 110 cm³/mol. The second kappa shape index (κ2) is 8.18. The molecule has 3 rings (SSSR count). The lowest BCUT2D eigenvalue weighted by Gasteiger charge is -2.32. The zero-order chi connectivity index (χ0) is 27.2. The van der Waals surface area contributed by atoms with Gasteiger partial charge in [0.1, 0.15) is 17.3 Å². The molecule has 1 aliphatic rings. The van der Waals surface area contributed by atoms with Gasteiger partial charge >= 0.3 is 0 Å². The number of hydrogen-bond donors (Lipinski definition) is 1. The Hall–Kier alpha value is -2.74. The monoisotopic (exact) mass is 443 g/mol. The van der Waals surface area contributed by atoms with Crippen LogP contribution in [0.25, 0.3) is 0 Å². The van der Waals surface area contributed by atoms with Crippen LogP contribution in [0.3, 0.4) is 0 Å². The van der Waals surface area contributed by atoms with Crippen LogP contribution in [0.4, 0.5) is 20.3 Å². The van der Waals surface area contributed by atoms with Crippen molar-refractivity contribution in [1.82, 2.24) is 4.98 Å². The molecule has 6 nitrogen and oxygen atoms in total. The first-order valence-corrected chi connectivity index (χ1v) is 9.24. The van der Waals surface area contributed by atoms with Gasteiger partial charge in [0.2, 0.25) is 11.8 Å². The van der Waals surface area contributed by atoms with E-state index in [1.807, 2.05) is 0 Å². The van der Waals surface area contributed by atoms with E-state index >= 15 is 0 Å². The van der Waals surface area contributed by atoms with Gasteiger partial charge in [0.05, 0.1) is 11.6 Å². The van der Waals surface area contributed by atoms with Gasteiger partial charge in [-0.1, -0.05) is 32.2 Å². The van der Waals surface area contributed by atoms with Crippen LogP contribution >= 0.6 is 11.6 Å². The summed E-state index contributed by atoms with van der Waals surface area (Å²) in [6.45, 7) is -3.78. The third-order valence-corrected chi connectivity index (χ3v) is 4.44. The number of nitrogens with one attached hydrogen (secondary N) is 1.